The van der Waals surface area contributed by atoms with E-state index < -0.39 is 11.0 Å². The summed E-state index contributed by atoms with van der Waals surface area (Å²) in [5.74, 6) is -0.208. The zero-order valence-corrected chi connectivity index (χ0v) is 21.3. The molecule has 4 heterocycles. The minimum Gasteiger partial charge on any atom is -0.440 e. The highest BCUT2D eigenvalue weighted by Crippen LogP contribution is 2.63. The largest absolute Gasteiger partial charge is 0.440 e. The highest BCUT2D eigenvalue weighted by atomic mass is 16.5. The molecule has 7 nitrogen and oxygen atoms in total. The van der Waals surface area contributed by atoms with Crippen LogP contribution in [-0.4, -0.2) is 17.2 Å². The maximum absolute atomic E-state index is 15.1. The molecule has 1 aromatic carbocycles. The molecule has 2 aromatic rings. The number of carbonyl (C=O) groups excluding carboxylic acids is 2. The van der Waals surface area contributed by atoms with E-state index in [0.29, 0.717) is 11.3 Å². The summed E-state index contributed by atoms with van der Waals surface area (Å²) >= 11 is 0. The van der Waals surface area contributed by atoms with E-state index in [0.717, 1.165) is 49.8 Å². The number of rotatable bonds is 2. The number of nitrogens with two attached hydrogens (primary N) is 1. The molecule has 1 amide bonds. The van der Waals surface area contributed by atoms with Gasteiger partial charge >= 0.3 is 5.63 Å². The Labute approximate surface area is 210 Å². The summed E-state index contributed by atoms with van der Waals surface area (Å²) in [7, 11) is 0. The Kier molecular flexibility index (Phi) is 4.70. The number of fused-ring (bicyclic) bond motifs is 4. The lowest BCUT2D eigenvalue weighted by Crippen LogP contribution is -2.61. The van der Waals surface area contributed by atoms with E-state index in [2.05, 4.69) is 19.9 Å². The predicted octanol–water partition coefficient (Wildman–Crippen LogP) is 4.51. The second-order valence-corrected chi connectivity index (χ2v) is 11.4. The topological polar surface area (TPSA) is 103 Å². The molecule has 188 valence electrons. The van der Waals surface area contributed by atoms with Crippen LogP contribution in [0.1, 0.15) is 88.2 Å². The fourth-order valence-electron chi connectivity index (χ4n) is 7.57. The predicted molar refractivity (Wildman–Crippen MR) is 135 cm³/mol. The van der Waals surface area contributed by atoms with Crippen molar-refractivity contribution in [2.75, 3.05) is 4.90 Å². The van der Waals surface area contributed by atoms with E-state index in [-0.39, 0.29) is 51.8 Å². The smallest absolute Gasteiger partial charge is 0.344 e. The van der Waals surface area contributed by atoms with Gasteiger partial charge in [0, 0.05) is 23.6 Å². The van der Waals surface area contributed by atoms with Gasteiger partial charge in [0.25, 0.3) is 0 Å². The minimum atomic E-state index is -1.70. The summed E-state index contributed by atoms with van der Waals surface area (Å²) in [5, 5.41) is 0. The Morgan fingerprint density at radius 3 is 2.50 bits per heavy atom. The van der Waals surface area contributed by atoms with Crippen LogP contribution in [0.3, 0.4) is 0 Å². The van der Waals surface area contributed by atoms with E-state index >= 15 is 4.79 Å². The van der Waals surface area contributed by atoms with Gasteiger partial charge in [-0.2, -0.15) is 0 Å². The lowest BCUT2D eigenvalue weighted by molar-refractivity contribution is -0.125. The first-order valence-corrected chi connectivity index (χ1v) is 12.9. The van der Waals surface area contributed by atoms with Crippen molar-refractivity contribution in [1.82, 2.24) is 0 Å². The molecular formula is C29H32N2O5. The molecule has 2 spiro atoms. The molecule has 0 saturated heterocycles. The van der Waals surface area contributed by atoms with Gasteiger partial charge in [-0.15, -0.1) is 0 Å². The summed E-state index contributed by atoms with van der Waals surface area (Å²) in [6.45, 7) is 7.82. The van der Waals surface area contributed by atoms with Crippen LogP contribution < -0.4 is 21.0 Å². The number of carbonyl (C=O) groups is 2. The van der Waals surface area contributed by atoms with E-state index in [1.807, 2.05) is 17.0 Å². The Morgan fingerprint density at radius 1 is 1.11 bits per heavy atom. The number of hydrogen-bond acceptors (Lipinski definition) is 6. The molecule has 2 N–H and O–H groups in total. The summed E-state index contributed by atoms with van der Waals surface area (Å²) in [6.07, 6.45) is 5.90. The van der Waals surface area contributed by atoms with Gasteiger partial charge in [-0.3, -0.25) is 9.59 Å². The molecule has 1 atom stereocenters. The molecule has 1 aliphatic carbocycles. The van der Waals surface area contributed by atoms with Crippen molar-refractivity contribution >= 4 is 17.4 Å². The number of Topliss-reactive ketones (excluding diaryl/α,β-unsaturated/α-hetero) is 1. The van der Waals surface area contributed by atoms with Crippen molar-refractivity contribution in [2.45, 2.75) is 89.0 Å². The van der Waals surface area contributed by atoms with Crippen molar-refractivity contribution in [3.8, 4) is 5.75 Å². The molecule has 7 heteroatoms. The van der Waals surface area contributed by atoms with Crippen LogP contribution in [0.25, 0.3) is 0 Å². The number of benzene rings is 1. The maximum Gasteiger partial charge on any atom is 0.344 e. The Bertz CT molecular complexity index is 1430. The Hall–Kier alpha value is -3.35. The summed E-state index contributed by atoms with van der Waals surface area (Å²) in [4.78, 5) is 44.1. The zero-order valence-electron chi connectivity index (χ0n) is 21.3. The first kappa shape index (κ1) is 23.1. The lowest BCUT2D eigenvalue weighted by atomic mass is 9.64. The molecule has 6 rings (SSSR count). The third-order valence-corrected chi connectivity index (χ3v) is 8.80. The molecule has 3 aliphatic heterocycles. The highest BCUT2D eigenvalue weighted by molar-refractivity contribution is 6.21. The lowest BCUT2D eigenvalue weighted by Gasteiger charge is -2.54. The number of para-hydroxylation sites is 1. The van der Waals surface area contributed by atoms with Crippen LogP contribution in [0.4, 0.5) is 5.69 Å². The van der Waals surface area contributed by atoms with Crippen molar-refractivity contribution < 1.29 is 18.7 Å². The maximum atomic E-state index is 15.1. The molecule has 1 unspecified atom stereocenters. The SMILES string of the molecule is CCC(=O)C1=C(N)Oc2cc(C)oc(=O)c2C12C(=O)N1c3c(cccc32)C(C)(C)CC12CCCCC2. The average molecular weight is 489 g/mol. The monoisotopic (exact) mass is 488 g/mol. The standard InChI is InChI=1S/C29H32N2O5/c1-5-19(32)21-24(30)36-20-14-16(2)35-25(33)22(20)29(21)18-11-9-10-17-23(18)31(26(29)34)28(15-27(17,3)4)12-7-6-8-13-28/h9-11,14H,5-8,12-13,15,30H2,1-4H3. The molecule has 1 saturated carbocycles. The number of ketones is 1. The summed E-state index contributed by atoms with van der Waals surface area (Å²) in [6, 6.07) is 7.44. The van der Waals surface area contributed by atoms with Crippen LogP contribution in [0.5, 0.6) is 5.75 Å². The third kappa shape index (κ3) is 2.66. The number of ether oxygens (including phenoxy) is 1. The first-order chi connectivity index (χ1) is 17.1. The second kappa shape index (κ2) is 7.34. The highest BCUT2D eigenvalue weighted by Gasteiger charge is 2.67. The molecule has 1 fully saturated rings. The molecule has 0 bridgehead atoms. The van der Waals surface area contributed by atoms with Crippen molar-refractivity contribution in [2.24, 2.45) is 5.73 Å². The van der Waals surface area contributed by atoms with Gasteiger partial charge in [0.05, 0.1) is 11.3 Å². The van der Waals surface area contributed by atoms with E-state index in [1.165, 1.54) is 0 Å². The second-order valence-electron chi connectivity index (χ2n) is 11.4. The van der Waals surface area contributed by atoms with E-state index in [1.54, 1.807) is 19.9 Å². The molecular weight excluding hydrogens is 456 g/mol. The summed E-state index contributed by atoms with van der Waals surface area (Å²) in [5.41, 5.74) is 6.08. The normalized spacial score (nSPS) is 25.1. The van der Waals surface area contributed by atoms with Gasteiger partial charge in [0.1, 0.15) is 22.5 Å². The van der Waals surface area contributed by atoms with Gasteiger partial charge in [0.2, 0.25) is 5.91 Å². The zero-order chi connectivity index (χ0) is 25.6. The van der Waals surface area contributed by atoms with Gasteiger partial charge in [-0.05, 0) is 37.2 Å². The van der Waals surface area contributed by atoms with Gasteiger partial charge in [-0.25, -0.2) is 4.79 Å². The van der Waals surface area contributed by atoms with Crippen LogP contribution in [0.15, 0.2) is 44.9 Å². The minimum absolute atomic E-state index is 0.0465. The summed E-state index contributed by atoms with van der Waals surface area (Å²) < 4.78 is 11.4. The average Bonchev–Trinajstić information content (AvgIpc) is 3.07. The van der Waals surface area contributed by atoms with Crippen LogP contribution in [0.2, 0.25) is 0 Å². The fourth-order valence-corrected chi connectivity index (χ4v) is 7.57. The quantitative estimate of drug-likeness (QED) is 0.667. The fraction of sp³-hybridized carbons (Fsp3) is 0.483. The molecule has 0 radical (unpaired) electrons. The first-order valence-electron chi connectivity index (χ1n) is 12.9. The van der Waals surface area contributed by atoms with Crippen LogP contribution >= 0.6 is 0 Å². The van der Waals surface area contributed by atoms with Crippen molar-refractivity contribution in [3.63, 3.8) is 0 Å². The number of amides is 1. The molecule has 4 aliphatic rings. The number of anilines is 1. The van der Waals surface area contributed by atoms with E-state index in [4.69, 9.17) is 14.9 Å². The number of aryl methyl sites for hydroxylation is 1. The Morgan fingerprint density at radius 2 is 1.81 bits per heavy atom. The van der Waals surface area contributed by atoms with Crippen molar-refractivity contribution in [3.05, 3.63) is 68.6 Å². The molecule has 36 heavy (non-hydrogen) atoms. The van der Waals surface area contributed by atoms with Gasteiger partial charge in [-0.1, -0.05) is 58.2 Å². The van der Waals surface area contributed by atoms with Gasteiger partial charge < -0.3 is 19.8 Å². The Balaban J connectivity index is 1.78. The van der Waals surface area contributed by atoms with Crippen molar-refractivity contribution in [1.29, 1.82) is 0 Å². The van der Waals surface area contributed by atoms with E-state index in [9.17, 15) is 9.59 Å². The third-order valence-electron chi connectivity index (χ3n) is 8.80. The number of nitrogens with zero attached hydrogens (tertiary/aromatic N) is 1. The number of hydrogen-bond donors (Lipinski definition) is 1. The van der Waals surface area contributed by atoms with Crippen LogP contribution in [-0.2, 0) is 20.4 Å². The molecule has 1 aromatic heterocycles. The van der Waals surface area contributed by atoms with Gasteiger partial charge in [0.15, 0.2) is 11.7 Å². The van der Waals surface area contributed by atoms with Crippen LogP contribution in [0, 0.1) is 6.92 Å².